The molecule has 0 aromatic rings. The molecule has 0 unspecified atom stereocenters. The zero-order chi connectivity index (χ0) is 36.2. The van der Waals surface area contributed by atoms with Crippen LogP contribution in [-0.2, 0) is 41.2 Å². The molecule has 0 radical (unpaired) electrons. The first kappa shape index (κ1) is 42.5. The second kappa shape index (κ2) is 12.3. The van der Waals surface area contributed by atoms with Crippen LogP contribution >= 0.6 is 0 Å². The first-order valence-corrected chi connectivity index (χ1v) is 49.3. The van der Waals surface area contributed by atoms with Crippen molar-refractivity contribution in [1.82, 2.24) is 7.79 Å². The van der Waals surface area contributed by atoms with Crippen molar-refractivity contribution in [2.45, 2.75) is 144 Å². The quantitative estimate of drug-likeness (QED) is 0.259. The van der Waals surface area contributed by atoms with Crippen molar-refractivity contribution in [3.8, 4) is 0 Å². The fourth-order valence-corrected chi connectivity index (χ4v) is 94.6. The first-order chi connectivity index (χ1) is 19.8. The minimum Gasteiger partial charge on any atom is -0.416 e. The van der Waals surface area contributed by atoms with Crippen LogP contribution in [0.5, 0.6) is 0 Å². The minimum atomic E-state index is -3.15. The SMILES string of the molecule is C[Si]1(C)O[Si](C)(C)O[Si](C)(O[Si](C)(C)N2[Si](C)(C)N([Si](C)(C)O[Si]3(C)O[Si](C)(C)O[Si](C)(C)O[Si](C)(C)O3)[Si]2(C)C)O[Si](C)(C)O1. The number of nitrogens with zero attached hydrogens (tertiary/aromatic N) is 2. The van der Waals surface area contributed by atoms with Crippen molar-refractivity contribution >= 4 is 103 Å². The van der Waals surface area contributed by atoms with Crippen LogP contribution in [0, 0.1) is 0 Å². The molecule has 3 saturated heterocycles. The second-order valence-electron chi connectivity index (χ2n) is 17.7. The predicted octanol–water partition coefficient (Wildman–Crippen LogP) is 6.95. The van der Waals surface area contributed by atoms with Crippen LogP contribution in [0.1, 0.15) is 0 Å². The van der Waals surface area contributed by atoms with Gasteiger partial charge in [-0.1, -0.05) is 0 Å². The molecule has 0 atom stereocenters. The van der Waals surface area contributed by atoms with Crippen molar-refractivity contribution in [2.75, 3.05) is 0 Å². The molecular weight excluding hydrogens is 789 g/mol. The van der Waals surface area contributed by atoms with Crippen molar-refractivity contribution < 1.29 is 41.2 Å². The monoisotopic (exact) mass is 854 g/mol. The summed E-state index contributed by atoms with van der Waals surface area (Å²) in [6.45, 7) is 48.2. The van der Waals surface area contributed by atoms with Crippen LogP contribution in [-0.4, -0.2) is 111 Å². The smallest absolute Gasteiger partial charge is 0.416 e. The Kier molecular flexibility index (Phi) is 11.4. The zero-order valence-corrected chi connectivity index (χ0v) is 45.0. The van der Waals surface area contributed by atoms with Gasteiger partial charge in [0.25, 0.3) is 0 Å². The van der Waals surface area contributed by atoms with E-state index in [0.29, 0.717) is 0 Å². The summed E-state index contributed by atoms with van der Waals surface area (Å²) in [4.78, 5) is 0. The Morgan fingerprint density at radius 3 is 0.696 bits per heavy atom. The van der Waals surface area contributed by atoms with Gasteiger partial charge in [-0.15, -0.1) is 0 Å². The highest BCUT2D eigenvalue weighted by molar-refractivity contribution is 7.20. The highest BCUT2D eigenvalue weighted by atomic mass is 28.6. The molecule has 0 bridgehead atoms. The third kappa shape index (κ3) is 9.75. The van der Waals surface area contributed by atoms with Crippen LogP contribution in [0.15, 0.2) is 0 Å². The summed E-state index contributed by atoms with van der Waals surface area (Å²) in [7, 11) is -31.0. The van der Waals surface area contributed by atoms with Gasteiger partial charge < -0.3 is 48.9 Å². The highest BCUT2D eigenvalue weighted by Crippen LogP contribution is 2.48. The summed E-state index contributed by atoms with van der Waals surface area (Å²) in [6.07, 6.45) is 0. The zero-order valence-electron chi connectivity index (χ0n) is 33.0. The summed E-state index contributed by atoms with van der Waals surface area (Å²) in [5.41, 5.74) is 0. The third-order valence-electron chi connectivity index (χ3n) is 7.83. The Morgan fingerprint density at radius 2 is 0.500 bits per heavy atom. The van der Waals surface area contributed by atoms with E-state index in [2.05, 4.69) is 152 Å². The minimum absolute atomic E-state index is 2.06. The van der Waals surface area contributed by atoms with E-state index >= 15 is 0 Å². The normalized spacial score (nSPS) is 31.4. The van der Waals surface area contributed by atoms with E-state index in [1.54, 1.807) is 0 Å². The molecule has 24 heteroatoms. The molecule has 3 heterocycles. The van der Waals surface area contributed by atoms with E-state index in [0.717, 1.165) is 0 Å². The highest BCUT2D eigenvalue weighted by Gasteiger charge is 2.72. The van der Waals surface area contributed by atoms with Gasteiger partial charge in [-0.25, -0.2) is 0 Å². The van der Waals surface area contributed by atoms with E-state index in [1.165, 1.54) is 0 Å². The third-order valence-corrected chi connectivity index (χ3v) is 70.4. The van der Waals surface area contributed by atoms with Crippen LogP contribution in [0.25, 0.3) is 0 Å². The van der Waals surface area contributed by atoms with Crippen LogP contribution in [0.4, 0.5) is 0 Å². The fraction of sp³-hybridized carbons (Fsp3) is 1.00. The van der Waals surface area contributed by atoms with E-state index in [4.69, 9.17) is 41.2 Å². The molecule has 0 saturated carbocycles. The lowest BCUT2D eigenvalue weighted by Gasteiger charge is -2.74. The van der Waals surface area contributed by atoms with Crippen molar-refractivity contribution in [2.24, 2.45) is 0 Å². The molecule has 3 fully saturated rings. The lowest BCUT2D eigenvalue weighted by Crippen LogP contribution is -2.99. The second-order valence-corrected chi connectivity index (χ2v) is 63.2. The van der Waals surface area contributed by atoms with Gasteiger partial charge in [0, 0.05) is 13.1 Å². The molecule has 0 spiro atoms. The van der Waals surface area contributed by atoms with Gasteiger partial charge >= 0.3 is 69.0 Å². The van der Waals surface area contributed by atoms with E-state index < -0.39 is 103 Å². The number of hydrogen-bond donors (Lipinski definition) is 0. The maximum Gasteiger partial charge on any atom is 0.470 e. The summed E-state index contributed by atoms with van der Waals surface area (Å²) in [5.74, 6) is 0. The van der Waals surface area contributed by atoms with Gasteiger partial charge in [-0.05, 0) is 131 Å². The van der Waals surface area contributed by atoms with Crippen LogP contribution in [0.2, 0.25) is 144 Å². The van der Waals surface area contributed by atoms with Crippen molar-refractivity contribution in [3.05, 3.63) is 0 Å². The van der Waals surface area contributed by atoms with Crippen molar-refractivity contribution in [3.63, 3.8) is 0 Å². The fourth-order valence-electron chi connectivity index (χ4n) is 9.53. The molecule has 12 nitrogen and oxygen atoms in total. The average molecular weight is 856 g/mol. The summed E-state index contributed by atoms with van der Waals surface area (Å²) < 4.78 is 74.2. The Hall–Kier alpha value is 2.12. The molecule has 0 aromatic heterocycles. The topological polar surface area (TPSA) is 98.8 Å². The van der Waals surface area contributed by atoms with Gasteiger partial charge in [0.2, 0.25) is 17.0 Å². The van der Waals surface area contributed by atoms with Gasteiger partial charge in [0.1, 0.15) is 0 Å². The lowest BCUT2D eigenvalue weighted by molar-refractivity contribution is 0.178. The molecule has 3 rings (SSSR count). The molecule has 0 N–H and O–H groups in total. The number of rotatable bonds is 6. The van der Waals surface area contributed by atoms with E-state index in [9.17, 15) is 0 Å². The molecule has 272 valence electrons. The molecular formula is C22H66N2O10Si12. The largest absolute Gasteiger partial charge is 0.470 e. The maximum absolute atomic E-state index is 7.29. The lowest BCUT2D eigenvalue weighted by atomic mass is 11.9. The molecule has 3 aliphatic rings. The molecule has 0 aromatic carbocycles. The average Bonchev–Trinajstić information content (AvgIpc) is 2.53. The van der Waals surface area contributed by atoms with Crippen molar-refractivity contribution in [1.29, 1.82) is 0 Å². The van der Waals surface area contributed by atoms with Gasteiger partial charge in [-0.2, -0.15) is 0 Å². The standard InChI is InChI=1S/C22H66N2O10Si12/c1-35(2)23(37(5,6)25-45(21)31-41(13,14)27-39(9,10)28-42(15,16)32-45)36(3,4)24(35)38(7,8)26-46(22)33-43(17,18)29-40(11,12)30-44(19,20)34-46/h1-22H3. The molecule has 46 heavy (non-hydrogen) atoms. The van der Waals surface area contributed by atoms with Crippen LogP contribution in [0.3, 0.4) is 0 Å². The van der Waals surface area contributed by atoms with Gasteiger partial charge in [0.05, 0.1) is 0 Å². The summed E-state index contributed by atoms with van der Waals surface area (Å²) in [6, 6.07) is 0. The predicted molar refractivity (Wildman–Crippen MR) is 213 cm³/mol. The Balaban J connectivity index is 1.93. The van der Waals surface area contributed by atoms with Gasteiger partial charge in [0.15, 0.2) is 16.8 Å². The first-order valence-electron chi connectivity index (χ1n) is 16.4. The Morgan fingerprint density at radius 1 is 0.326 bits per heavy atom. The molecule has 0 amide bonds. The summed E-state index contributed by atoms with van der Waals surface area (Å²) >= 11 is 0. The summed E-state index contributed by atoms with van der Waals surface area (Å²) in [5, 5.41) is 0. The molecule has 3 aliphatic heterocycles. The molecule has 0 aliphatic carbocycles. The Labute approximate surface area is 294 Å². The van der Waals surface area contributed by atoms with Gasteiger partial charge in [-0.3, -0.25) is 0 Å². The maximum atomic E-state index is 7.29. The van der Waals surface area contributed by atoms with E-state index in [-0.39, 0.29) is 0 Å². The van der Waals surface area contributed by atoms with E-state index in [1.807, 2.05) is 0 Å². The Bertz CT molecular complexity index is 1030. The van der Waals surface area contributed by atoms with Crippen LogP contribution < -0.4 is 0 Å². The number of hydrogen-bond acceptors (Lipinski definition) is 12.